The maximum atomic E-state index is 6.12. The molecule has 4 rings (SSSR count). The highest BCUT2D eigenvalue weighted by atomic mass is 16.6. The first-order valence-electron chi connectivity index (χ1n) is 7.78. The topological polar surface area (TPSA) is 50.4 Å². The fourth-order valence-electron chi connectivity index (χ4n) is 3.43. The number of hydrogen-bond acceptors (Lipinski definition) is 4. The first kappa shape index (κ1) is 12.8. The second-order valence-electron chi connectivity index (χ2n) is 6.64. The Balaban J connectivity index is 1.28. The van der Waals surface area contributed by atoms with Crippen LogP contribution in [0.4, 0.5) is 0 Å². The minimum Gasteiger partial charge on any atom is -0.375 e. The zero-order chi connectivity index (χ0) is 13.4. The highest BCUT2D eigenvalue weighted by molar-refractivity contribution is 5.02. The lowest BCUT2D eigenvalue weighted by Gasteiger charge is -2.23. The van der Waals surface area contributed by atoms with Crippen molar-refractivity contribution in [1.82, 2.24) is 15.1 Å². The lowest BCUT2D eigenvalue weighted by molar-refractivity contribution is 0.000802. The number of ether oxygens (including phenoxy) is 2. The molecular weight excluding hydrogens is 254 g/mol. The molecule has 110 valence electrons. The molecule has 2 saturated heterocycles. The highest BCUT2D eigenvalue weighted by Crippen LogP contribution is 2.37. The second-order valence-corrected chi connectivity index (χ2v) is 6.64. The Morgan fingerprint density at radius 2 is 2.45 bits per heavy atom. The van der Waals surface area contributed by atoms with Crippen LogP contribution in [0, 0.1) is 5.92 Å². The molecule has 0 radical (unpaired) electrons. The maximum Gasteiger partial charge on any atom is 0.0847 e. The van der Waals surface area contributed by atoms with Gasteiger partial charge in [-0.15, -0.1) is 0 Å². The molecule has 1 N–H and O–H groups in total. The third-order valence-corrected chi connectivity index (χ3v) is 4.79. The number of hydrogen-bond donors (Lipinski definition) is 1. The number of H-pyrrole nitrogens is 1. The van der Waals surface area contributed by atoms with Crippen LogP contribution in [-0.4, -0.2) is 53.1 Å². The molecule has 1 saturated carbocycles. The molecule has 1 aromatic rings. The van der Waals surface area contributed by atoms with Crippen molar-refractivity contribution in [2.75, 3.05) is 26.3 Å². The molecule has 1 aromatic heterocycles. The monoisotopic (exact) mass is 277 g/mol. The minimum absolute atomic E-state index is 0.0498. The van der Waals surface area contributed by atoms with E-state index in [-0.39, 0.29) is 5.60 Å². The molecule has 2 unspecified atom stereocenters. The van der Waals surface area contributed by atoms with Crippen LogP contribution < -0.4 is 0 Å². The van der Waals surface area contributed by atoms with Gasteiger partial charge in [-0.1, -0.05) is 0 Å². The van der Waals surface area contributed by atoms with Crippen LogP contribution in [-0.2, 0) is 16.0 Å². The molecule has 20 heavy (non-hydrogen) atoms. The summed E-state index contributed by atoms with van der Waals surface area (Å²) < 4.78 is 12.1. The third kappa shape index (κ3) is 2.75. The average Bonchev–Trinajstić information content (AvgIpc) is 2.87. The fraction of sp³-hybridized carbons (Fsp3) is 0.800. The maximum absolute atomic E-state index is 6.12. The molecule has 0 aromatic carbocycles. The molecule has 5 heteroatoms. The van der Waals surface area contributed by atoms with Crippen molar-refractivity contribution in [3.05, 3.63) is 18.0 Å². The summed E-state index contributed by atoms with van der Waals surface area (Å²) in [5.74, 6) is 0.840. The van der Waals surface area contributed by atoms with Crippen LogP contribution in [0.3, 0.4) is 0 Å². The average molecular weight is 277 g/mol. The standard InChI is InChI=1S/C15H23N3O2/c1-2-12(1)9-19-14-7-15(20-10-14)4-6-18(11-15)8-13-3-5-16-17-13/h3,5,12,14H,1-2,4,6-11H2,(H,16,17). The van der Waals surface area contributed by atoms with Gasteiger partial charge in [0, 0.05) is 44.6 Å². The van der Waals surface area contributed by atoms with Gasteiger partial charge in [-0.3, -0.25) is 10.00 Å². The van der Waals surface area contributed by atoms with E-state index in [4.69, 9.17) is 9.47 Å². The van der Waals surface area contributed by atoms with Crippen LogP contribution in [0.2, 0.25) is 0 Å². The summed E-state index contributed by atoms with van der Waals surface area (Å²) in [5.41, 5.74) is 1.23. The molecule has 1 aliphatic carbocycles. The van der Waals surface area contributed by atoms with E-state index in [0.717, 1.165) is 51.6 Å². The van der Waals surface area contributed by atoms with E-state index in [1.165, 1.54) is 18.5 Å². The number of nitrogens with one attached hydrogen (secondary N) is 1. The Hall–Kier alpha value is -0.910. The van der Waals surface area contributed by atoms with E-state index >= 15 is 0 Å². The zero-order valence-corrected chi connectivity index (χ0v) is 11.9. The van der Waals surface area contributed by atoms with Crippen LogP contribution >= 0.6 is 0 Å². The van der Waals surface area contributed by atoms with Crippen molar-refractivity contribution in [3.8, 4) is 0 Å². The Morgan fingerprint density at radius 1 is 1.50 bits per heavy atom. The van der Waals surface area contributed by atoms with E-state index in [0.29, 0.717) is 6.10 Å². The number of aromatic nitrogens is 2. The van der Waals surface area contributed by atoms with Gasteiger partial charge in [-0.25, -0.2) is 0 Å². The van der Waals surface area contributed by atoms with Crippen molar-refractivity contribution in [3.63, 3.8) is 0 Å². The number of rotatable bonds is 5. The third-order valence-electron chi connectivity index (χ3n) is 4.79. The molecule has 3 fully saturated rings. The van der Waals surface area contributed by atoms with Gasteiger partial charge in [-0.05, 0) is 31.2 Å². The summed E-state index contributed by atoms with van der Waals surface area (Å²) in [6.45, 7) is 4.80. The summed E-state index contributed by atoms with van der Waals surface area (Å²) in [4.78, 5) is 2.46. The lowest BCUT2D eigenvalue weighted by atomic mass is 9.98. The smallest absolute Gasteiger partial charge is 0.0847 e. The molecule has 1 spiro atoms. The first-order valence-corrected chi connectivity index (χ1v) is 7.78. The number of likely N-dealkylation sites (tertiary alicyclic amines) is 1. The van der Waals surface area contributed by atoms with Gasteiger partial charge < -0.3 is 9.47 Å². The largest absolute Gasteiger partial charge is 0.375 e. The van der Waals surface area contributed by atoms with Gasteiger partial charge in [0.15, 0.2) is 0 Å². The van der Waals surface area contributed by atoms with E-state index < -0.39 is 0 Å². The Bertz CT molecular complexity index is 446. The van der Waals surface area contributed by atoms with Gasteiger partial charge in [0.2, 0.25) is 0 Å². The molecule has 2 aliphatic heterocycles. The van der Waals surface area contributed by atoms with Crippen molar-refractivity contribution in [2.45, 2.75) is 43.9 Å². The van der Waals surface area contributed by atoms with E-state index in [9.17, 15) is 0 Å². The minimum atomic E-state index is 0.0498. The van der Waals surface area contributed by atoms with Crippen molar-refractivity contribution >= 4 is 0 Å². The summed E-state index contributed by atoms with van der Waals surface area (Å²) in [6, 6.07) is 2.04. The molecule has 3 heterocycles. The van der Waals surface area contributed by atoms with Crippen molar-refractivity contribution in [2.24, 2.45) is 5.92 Å². The number of aromatic amines is 1. The Morgan fingerprint density at radius 3 is 3.25 bits per heavy atom. The van der Waals surface area contributed by atoms with Crippen LogP contribution in [0.25, 0.3) is 0 Å². The summed E-state index contributed by atoms with van der Waals surface area (Å²) in [6.07, 6.45) is 7.05. The predicted molar refractivity (Wildman–Crippen MR) is 74.2 cm³/mol. The summed E-state index contributed by atoms with van der Waals surface area (Å²) in [5, 5.41) is 7.04. The van der Waals surface area contributed by atoms with Crippen molar-refractivity contribution < 1.29 is 9.47 Å². The van der Waals surface area contributed by atoms with E-state index in [1.54, 1.807) is 0 Å². The summed E-state index contributed by atoms with van der Waals surface area (Å²) in [7, 11) is 0. The first-order chi connectivity index (χ1) is 9.81. The summed E-state index contributed by atoms with van der Waals surface area (Å²) >= 11 is 0. The van der Waals surface area contributed by atoms with Crippen molar-refractivity contribution in [1.29, 1.82) is 0 Å². The fourth-order valence-corrected chi connectivity index (χ4v) is 3.43. The molecule has 5 nitrogen and oxygen atoms in total. The number of nitrogens with zero attached hydrogens (tertiary/aromatic N) is 2. The molecule has 3 aliphatic rings. The van der Waals surface area contributed by atoms with Gasteiger partial charge in [-0.2, -0.15) is 5.10 Å². The van der Waals surface area contributed by atoms with Gasteiger partial charge in [0.05, 0.1) is 18.3 Å². The van der Waals surface area contributed by atoms with Gasteiger partial charge in [0.1, 0.15) is 0 Å². The second kappa shape index (κ2) is 5.13. The van der Waals surface area contributed by atoms with E-state index in [1.807, 2.05) is 12.3 Å². The zero-order valence-electron chi connectivity index (χ0n) is 11.9. The van der Waals surface area contributed by atoms with Crippen LogP contribution in [0.5, 0.6) is 0 Å². The molecular formula is C15H23N3O2. The van der Waals surface area contributed by atoms with Gasteiger partial charge in [0.25, 0.3) is 0 Å². The highest BCUT2D eigenvalue weighted by Gasteiger charge is 2.46. The van der Waals surface area contributed by atoms with E-state index in [2.05, 4.69) is 15.1 Å². The quantitative estimate of drug-likeness (QED) is 0.887. The van der Waals surface area contributed by atoms with Crippen LogP contribution in [0.1, 0.15) is 31.4 Å². The predicted octanol–water partition coefficient (Wildman–Crippen LogP) is 1.57. The Kier molecular flexibility index (Phi) is 3.28. The van der Waals surface area contributed by atoms with Gasteiger partial charge >= 0.3 is 0 Å². The molecule has 2 atom stereocenters. The van der Waals surface area contributed by atoms with Crippen LogP contribution in [0.15, 0.2) is 12.3 Å². The lowest BCUT2D eigenvalue weighted by Crippen LogP contribution is -2.33. The Labute approximate surface area is 119 Å². The molecule has 0 amide bonds. The molecule has 0 bridgehead atoms. The SMILES string of the molecule is c1cc(CN2CCC3(CC(OCC4CC4)CO3)C2)[nH]n1. The normalized spacial score (nSPS) is 34.3.